The van der Waals surface area contributed by atoms with E-state index in [9.17, 15) is 13.2 Å². The van der Waals surface area contributed by atoms with Crippen molar-refractivity contribution < 1.29 is 13.2 Å². The molecule has 1 N–H and O–H groups in total. The fraction of sp³-hybridized carbons (Fsp3) is 0.364. The van der Waals surface area contributed by atoms with Gasteiger partial charge in [-0.2, -0.15) is 12.7 Å². The molecule has 1 aromatic rings. The van der Waals surface area contributed by atoms with Gasteiger partial charge in [-0.25, -0.2) is 0 Å². The first-order valence-electron chi connectivity index (χ1n) is 5.29. The molecule has 0 unspecified atom stereocenters. The summed E-state index contributed by atoms with van der Waals surface area (Å²) in [5, 5.41) is 2.50. The molecule has 0 aliphatic rings. The van der Waals surface area contributed by atoms with Crippen molar-refractivity contribution in [3.05, 3.63) is 29.8 Å². The zero-order valence-corrected chi connectivity index (χ0v) is 11.7. The van der Waals surface area contributed by atoms with E-state index in [-0.39, 0.29) is 5.91 Å². The average molecular weight is 271 g/mol. The van der Waals surface area contributed by atoms with Crippen LogP contribution < -0.4 is 9.62 Å². The summed E-state index contributed by atoms with van der Waals surface area (Å²) in [5.74, 6) is -0.209. The molecule has 0 saturated carbocycles. The maximum absolute atomic E-state index is 11.9. The maximum atomic E-state index is 11.9. The lowest BCUT2D eigenvalue weighted by Crippen LogP contribution is -2.37. The molecule has 0 atom stereocenters. The van der Waals surface area contributed by atoms with Crippen LogP contribution in [0.2, 0.25) is 0 Å². The third-order valence-corrected chi connectivity index (χ3v) is 4.35. The Kier molecular flexibility index (Phi) is 4.31. The van der Waals surface area contributed by atoms with E-state index in [0.29, 0.717) is 11.3 Å². The van der Waals surface area contributed by atoms with E-state index in [1.165, 1.54) is 21.1 Å². The van der Waals surface area contributed by atoms with Crippen LogP contribution in [0.5, 0.6) is 0 Å². The first-order valence-corrected chi connectivity index (χ1v) is 6.69. The molecule has 0 radical (unpaired) electrons. The number of nitrogens with zero attached hydrogens (tertiary/aromatic N) is 2. The molecule has 0 aromatic heterocycles. The molecule has 0 fully saturated rings. The van der Waals surface area contributed by atoms with Gasteiger partial charge in [0, 0.05) is 33.8 Å². The van der Waals surface area contributed by atoms with Crippen molar-refractivity contribution in [2.45, 2.75) is 0 Å². The van der Waals surface area contributed by atoms with Crippen LogP contribution in [-0.4, -0.2) is 46.8 Å². The second-order valence-corrected chi connectivity index (χ2v) is 6.06. The lowest BCUT2D eigenvalue weighted by Gasteiger charge is -2.23. The van der Waals surface area contributed by atoms with E-state index in [1.54, 1.807) is 31.3 Å². The largest absolute Gasteiger partial charge is 0.355 e. The molecule has 18 heavy (non-hydrogen) atoms. The normalized spacial score (nSPS) is 11.4. The molecule has 0 saturated heterocycles. The van der Waals surface area contributed by atoms with Crippen LogP contribution in [0.15, 0.2) is 24.3 Å². The standard InChI is InChI=1S/C11H17N3O3S/c1-12-11(15)9-5-7-10(8-6-9)14(4)18(16,17)13(2)3/h5-8H,1-4H3,(H,12,15). The van der Waals surface area contributed by atoms with E-state index in [2.05, 4.69) is 5.32 Å². The van der Waals surface area contributed by atoms with Crippen molar-refractivity contribution >= 4 is 21.8 Å². The predicted octanol–water partition coefficient (Wildman–Crippen LogP) is 0.289. The van der Waals surface area contributed by atoms with Gasteiger partial charge in [-0.1, -0.05) is 0 Å². The van der Waals surface area contributed by atoms with Crippen LogP contribution in [-0.2, 0) is 10.2 Å². The fourth-order valence-electron chi connectivity index (χ4n) is 1.35. The number of hydrogen-bond acceptors (Lipinski definition) is 3. The monoisotopic (exact) mass is 271 g/mol. The topological polar surface area (TPSA) is 69.7 Å². The number of carbonyl (C=O) groups excluding carboxylic acids is 1. The third-order valence-electron chi connectivity index (χ3n) is 2.53. The molecular formula is C11H17N3O3S. The van der Waals surface area contributed by atoms with Crippen molar-refractivity contribution in [1.29, 1.82) is 0 Å². The molecule has 0 bridgehead atoms. The van der Waals surface area contributed by atoms with Crippen LogP contribution in [0, 0.1) is 0 Å². The van der Waals surface area contributed by atoms with E-state index < -0.39 is 10.2 Å². The highest BCUT2D eigenvalue weighted by molar-refractivity contribution is 7.90. The van der Waals surface area contributed by atoms with Gasteiger partial charge in [-0.3, -0.25) is 9.10 Å². The first kappa shape index (κ1) is 14.5. The number of anilines is 1. The number of benzene rings is 1. The number of hydrogen-bond donors (Lipinski definition) is 1. The lowest BCUT2D eigenvalue weighted by molar-refractivity contribution is 0.0963. The van der Waals surface area contributed by atoms with E-state index in [0.717, 1.165) is 8.61 Å². The number of nitrogens with one attached hydrogen (secondary N) is 1. The van der Waals surface area contributed by atoms with Crippen LogP contribution in [0.4, 0.5) is 5.69 Å². The molecule has 7 heteroatoms. The highest BCUT2D eigenvalue weighted by atomic mass is 32.2. The molecule has 1 amide bonds. The van der Waals surface area contributed by atoms with E-state index >= 15 is 0 Å². The van der Waals surface area contributed by atoms with Crippen molar-refractivity contribution in [2.75, 3.05) is 32.5 Å². The van der Waals surface area contributed by atoms with Gasteiger partial charge >= 0.3 is 10.2 Å². The summed E-state index contributed by atoms with van der Waals surface area (Å²) >= 11 is 0. The number of carbonyl (C=O) groups is 1. The van der Waals surface area contributed by atoms with Gasteiger partial charge in [0.25, 0.3) is 5.91 Å². The van der Waals surface area contributed by atoms with Crippen molar-refractivity contribution in [3.63, 3.8) is 0 Å². The molecule has 1 rings (SSSR count). The van der Waals surface area contributed by atoms with E-state index in [1.807, 2.05) is 0 Å². The fourth-order valence-corrected chi connectivity index (χ4v) is 2.22. The summed E-state index contributed by atoms with van der Waals surface area (Å²) in [5.41, 5.74) is 0.980. The predicted molar refractivity (Wildman–Crippen MR) is 70.8 cm³/mol. The maximum Gasteiger partial charge on any atom is 0.303 e. The molecule has 6 nitrogen and oxygen atoms in total. The number of rotatable bonds is 4. The van der Waals surface area contributed by atoms with Crippen molar-refractivity contribution in [3.8, 4) is 0 Å². The Morgan fingerprint density at radius 1 is 1.11 bits per heavy atom. The second kappa shape index (κ2) is 5.36. The minimum absolute atomic E-state index is 0.209. The van der Waals surface area contributed by atoms with Gasteiger partial charge in [0.1, 0.15) is 0 Å². The SMILES string of the molecule is CNC(=O)c1ccc(N(C)S(=O)(=O)N(C)C)cc1. The summed E-state index contributed by atoms with van der Waals surface area (Å²) in [6, 6.07) is 6.34. The first-order chi connectivity index (χ1) is 8.30. The third kappa shape index (κ3) is 2.80. The summed E-state index contributed by atoms with van der Waals surface area (Å²) < 4.78 is 26.0. The van der Waals surface area contributed by atoms with Gasteiger partial charge < -0.3 is 5.32 Å². The highest BCUT2D eigenvalue weighted by Gasteiger charge is 2.20. The highest BCUT2D eigenvalue weighted by Crippen LogP contribution is 2.18. The molecule has 0 aliphatic heterocycles. The summed E-state index contributed by atoms with van der Waals surface area (Å²) in [6.07, 6.45) is 0. The van der Waals surface area contributed by atoms with Crippen molar-refractivity contribution in [2.24, 2.45) is 0 Å². The molecule has 0 aliphatic carbocycles. The molecular weight excluding hydrogens is 254 g/mol. The molecule has 0 heterocycles. The van der Waals surface area contributed by atoms with Gasteiger partial charge in [0.2, 0.25) is 0 Å². The van der Waals surface area contributed by atoms with Crippen LogP contribution in [0.1, 0.15) is 10.4 Å². The Hall–Kier alpha value is -1.60. The summed E-state index contributed by atoms with van der Waals surface area (Å²) in [7, 11) is 2.43. The Bertz CT molecular complexity index is 523. The lowest BCUT2D eigenvalue weighted by atomic mass is 10.2. The molecule has 1 aromatic carbocycles. The van der Waals surface area contributed by atoms with Gasteiger partial charge in [-0.15, -0.1) is 0 Å². The van der Waals surface area contributed by atoms with Gasteiger partial charge in [0.15, 0.2) is 0 Å². The Morgan fingerprint density at radius 2 is 1.61 bits per heavy atom. The zero-order valence-electron chi connectivity index (χ0n) is 10.8. The zero-order chi connectivity index (χ0) is 13.9. The Balaban J connectivity index is 3.03. The van der Waals surface area contributed by atoms with Gasteiger partial charge in [-0.05, 0) is 24.3 Å². The molecule has 0 spiro atoms. The molecule has 100 valence electrons. The quantitative estimate of drug-likeness (QED) is 0.855. The van der Waals surface area contributed by atoms with Crippen molar-refractivity contribution in [1.82, 2.24) is 9.62 Å². The smallest absolute Gasteiger partial charge is 0.303 e. The Morgan fingerprint density at radius 3 is 2.00 bits per heavy atom. The van der Waals surface area contributed by atoms with Gasteiger partial charge in [0.05, 0.1) is 5.69 Å². The second-order valence-electron chi connectivity index (χ2n) is 3.88. The summed E-state index contributed by atoms with van der Waals surface area (Å²) in [4.78, 5) is 11.3. The van der Waals surface area contributed by atoms with Crippen LogP contribution >= 0.6 is 0 Å². The minimum atomic E-state index is -3.50. The Labute approximate surface area is 107 Å². The average Bonchev–Trinajstić information content (AvgIpc) is 2.36. The number of amides is 1. The van der Waals surface area contributed by atoms with Crippen LogP contribution in [0.25, 0.3) is 0 Å². The van der Waals surface area contributed by atoms with E-state index in [4.69, 9.17) is 0 Å². The summed E-state index contributed by atoms with van der Waals surface area (Å²) in [6.45, 7) is 0. The minimum Gasteiger partial charge on any atom is -0.355 e. The van der Waals surface area contributed by atoms with Crippen LogP contribution in [0.3, 0.4) is 0 Å².